The van der Waals surface area contributed by atoms with E-state index < -0.39 is 0 Å². The highest BCUT2D eigenvalue weighted by Crippen LogP contribution is 2.46. The Labute approximate surface area is 84.9 Å². The van der Waals surface area contributed by atoms with E-state index >= 15 is 0 Å². The first-order valence-electron chi connectivity index (χ1n) is 4.90. The lowest BCUT2D eigenvalue weighted by atomic mass is 9.91. The Hall–Kier alpha value is -0.490. The molecule has 0 saturated carbocycles. The Morgan fingerprint density at radius 3 is 2.31 bits per heavy atom. The van der Waals surface area contributed by atoms with Crippen molar-refractivity contribution in [3.8, 4) is 0 Å². The zero-order valence-corrected chi connectivity index (χ0v) is 9.10. The third-order valence-electron chi connectivity index (χ3n) is 3.61. The van der Waals surface area contributed by atoms with Gasteiger partial charge in [0.1, 0.15) is 0 Å². The molecular weight excluding hydrogens is 180 g/mol. The minimum absolute atomic E-state index is 0.656. The van der Waals surface area contributed by atoms with Gasteiger partial charge in [-0.1, -0.05) is 38.4 Å². The third-order valence-corrected chi connectivity index (χ3v) is 3.84. The van der Waals surface area contributed by atoms with Crippen molar-refractivity contribution >= 4 is 11.6 Å². The van der Waals surface area contributed by atoms with Crippen LogP contribution in [0.25, 0.3) is 0 Å². The van der Waals surface area contributed by atoms with Crippen LogP contribution in [0.5, 0.6) is 0 Å². The molecule has 3 unspecified atom stereocenters. The van der Waals surface area contributed by atoms with Crippen LogP contribution in [0.15, 0.2) is 18.2 Å². The van der Waals surface area contributed by atoms with Gasteiger partial charge >= 0.3 is 0 Å². The second-order valence-corrected chi connectivity index (χ2v) is 4.65. The van der Waals surface area contributed by atoms with E-state index in [1.165, 1.54) is 11.1 Å². The van der Waals surface area contributed by atoms with Gasteiger partial charge in [0.2, 0.25) is 0 Å². The number of hydrogen-bond acceptors (Lipinski definition) is 0. The minimum atomic E-state index is 0.656. The average Bonchev–Trinajstić information content (AvgIpc) is 2.32. The lowest BCUT2D eigenvalue weighted by Crippen LogP contribution is -2.01. The Bertz CT molecular complexity index is 330. The van der Waals surface area contributed by atoms with Crippen molar-refractivity contribution in [1.82, 2.24) is 0 Å². The summed E-state index contributed by atoms with van der Waals surface area (Å²) >= 11 is 5.98. The molecule has 1 heteroatoms. The van der Waals surface area contributed by atoms with Crippen LogP contribution < -0.4 is 0 Å². The summed E-state index contributed by atoms with van der Waals surface area (Å²) in [5, 5.41) is 0.868. The molecular formula is C12H15Cl. The van der Waals surface area contributed by atoms with Crippen molar-refractivity contribution in [2.24, 2.45) is 5.92 Å². The van der Waals surface area contributed by atoms with E-state index in [0.29, 0.717) is 11.8 Å². The maximum absolute atomic E-state index is 5.98. The highest BCUT2D eigenvalue weighted by atomic mass is 35.5. The van der Waals surface area contributed by atoms with Crippen LogP contribution in [0.3, 0.4) is 0 Å². The first-order chi connectivity index (χ1) is 6.11. The van der Waals surface area contributed by atoms with Gasteiger partial charge in [0.05, 0.1) is 0 Å². The van der Waals surface area contributed by atoms with Crippen molar-refractivity contribution in [1.29, 1.82) is 0 Å². The third kappa shape index (κ3) is 1.28. The Balaban J connectivity index is 2.54. The van der Waals surface area contributed by atoms with Crippen molar-refractivity contribution in [3.63, 3.8) is 0 Å². The zero-order chi connectivity index (χ0) is 9.59. The molecule has 0 nitrogen and oxygen atoms in total. The maximum Gasteiger partial charge on any atom is 0.0409 e. The summed E-state index contributed by atoms with van der Waals surface area (Å²) in [6, 6.07) is 6.31. The van der Waals surface area contributed by atoms with Crippen LogP contribution in [-0.4, -0.2) is 0 Å². The van der Waals surface area contributed by atoms with Crippen molar-refractivity contribution in [2.75, 3.05) is 0 Å². The van der Waals surface area contributed by atoms with Crippen molar-refractivity contribution in [3.05, 3.63) is 34.3 Å². The lowest BCUT2D eigenvalue weighted by molar-refractivity contribution is 0.464. The van der Waals surface area contributed by atoms with Crippen LogP contribution in [0.4, 0.5) is 0 Å². The second kappa shape index (κ2) is 3.02. The summed E-state index contributed by atoms with van der Waals surface area (Å²) in [6.07, 6.45) is 0. The predicted octanol–water partition coefficient (Wildman–Crippen LogP) is 4.20. The predicted molar refractivity (Wildman–Crippen MR) is 57.4 cm³/mol. The first-order valence-corrected chi connectivity index (χ1v) is 5.28. The average molecular weight is 195 g/mol. The number of hydrogen-bond donors (Lipinski definition) is 0. The number of halogens is 1. The number of benzene rings is 1. The topological polar surface area (TPSA) is 0 Å². The Kier molecular flexibility index (Phi) is 2.11. The monoisotopic (exact) mass is 194 g/mol. The summed E-state index contributed by atoms with van der Waals surface area (Å²) in [5.74, 6) is 2.08. The molecule has 1 aliphatic rings. The van der Waals surface area contributed by atoms with Gasteiger partial charge in [0.15, 0.2) is 0 Å². The van der Waals surface area contributed by atoms with Gasteiger partial charge in [-0.05, 0) is 41.0 Å². The SMILES string of the molecule is CC1c2ccc(Cl)cc2C(C)C1C. The van der Waals surface area contributed by atoms with E-state index in [2.05, 4.69) is 32.9 Å². The van der Waals surface area contributed by atoms with Gasteiger partial charge in [0.25, 0.3) is 0 Å². The van der Waals surface area contributed by atoms with Gasteiger partial charge < -0.3 is 0 Å². The van der Waals surface area contributed by atoms with Crippen LogP contribution in [0.2, 0.25) is 5.02 Å². The van der Waals surface area contributed by atoms with Gasteiger partial charge in [-0.15, -0.1) is 0 Å². The van der Waals surface area contributed by atoms with Crippen molar-refractivity contribution in [2.45, 2.75) is 32.6 Å². The molecule has 0 heterocycles. The number of fused-ring (bicyclic) bond motifs is 1. The number of rotatable bonds is 0. The molecule has 0 bridgehead atoms. The fourth-order valence-corrected chi connectivity index (χ4v) is 2.53. The second-order valence-electron chi connectivity index (χ2n) is 4.21. The molecule has 2 rings (SSSR count). The lowest BCUT2D eigenvalue weighted by Gasteiger charge is -2.13. The summed E-state index contributed by atoms with van der Waals surface area (Å²) in [4.78, 5) is 0. The smallest absolute Gasteiger partial charge is 0.0409 e. The largest absolute Gasteiger partial charge is 0.0843 e. The quantitative estimate of drug-likeness (QED) is 0.581. The molecule has 0 radical (unpaired) electrons. The van der Waals surface area contributed by atoms with E-state index in [-0.39, 0.29) is 0 Å². The molecule has 0 aliphatic heterocycles. The van der Waals surface area contributed by atoms with Crippen LogP contribution in [-0.2, 0) is 0 Å². The summed E-state index contributed by atoms with van der Waals surface area (Å²) in [6.45, 7) is 6.92. The molecule has 1 aliphatic carbocycles. The zero-order valence-electron chi connectivity index (χ0n) is 8.34. The molecule has 0 saturated heterocycles. The molecule has 0 spiro atoms. The van der Waals surface area contributed by atoms with Gasteiger partial charge in [0, 0.05) is 5.02 Å². The first kappa shape index (κ1) is 9.08. The normalized spacial score (nSPS) is 31.8. The molecule has 0 N–H and O–H groups in total. The van der Waals surface area contributed by atoms with E-state index in [4.69, 9.17) is 11.6 Å². The van der Waals surface area contributed by atoms with Crippen LogP contribution in [0, 0.1) is 5.92 Å². The fourth-order valence-electron chi connectivity index (χ4n) is 2.35. The Morgan fingerprint density at radius 1 is 1.00 bits per heavy atom. The summed E-state index contributed by atoms with van der Waals surface area (Å²) in [7, 11) is 0. The highest BCUT2D eigenvalue weighted by Gasteiger charge is 2.31. The minimum Gasteiger partial charge on any atom is -0.0843 e. The molecule has 1 aromatic rings. The standard InChI is InChI=1S/C12H15Cl/c1-7-8(2)11-5-4-10(13)6-12(11)9(7)3/h4-9H,1-3H3. The van der Waals surface area contributed by atoms with Crippen LogP contribution >= 0.6 is 11.6 Å². The molecule has 0 amide bonds. The van der Waals surface area contributed by atoms with Crippen molar-refractivity contribution < 1.29 is 0 Å². The van der Waals surface area contributed by atoms with Gasteiger partial charge in [-0.2, -0.15) is 0 Å². The van der Waals surface area contributed by atoms with E-state index in [1.54, 1.807) is 0 Å². The van der Waals surface area contributed by atoms with E-state index in [0.717, 1.165) is 10.9 Å². The van der Waals surface area contributed by atoms with E-state index in [9.17, 15) is 0 Å². The molecule has 0 fully saturated rings. The van der Waals surface area contributed by atoms with Gasteiger partial charge in [-0.3, -0.25) is 0 Å². The summed E-state index contributed by atoms with van der Waals surface area (Å²) < 4.78 is 0. The van der Waals surface area contributed by atoms with Gasteiger partial charge in [-0.25, -0.2) is 0 Å². The van der Waals surface area contributed by atoms with Crippen LogP contribution in [0.1, 0.15) is 43.7 Å². The molecule has 13 heavy (non-hydrogen) atoms. The fraction of sp³-hybridized carbons (Fsp3) is 0.500. The molecule has 70 valence electrons. The van der Waals surface area contributed by atoms with E-state index in [1.807, 2.05) is 6.07 Å². The Morgan fingerprint density at radius 2 is 1.62 bits per heavy atom. The molecule has 3 atom stereocenters. The molecule has 1 aromatic carbocycles. The maximum atomic E-state index is 5.98. The highest BCUT2D eigenvalue weighted by molar-refractivity contribution is 6.30. The summed E-state index contributed by atoms with van der Waals surface area (Å²) in [5.41, 5.74) is 2.94. The molecule has 0 aromatic heterocycles.